The van der Waals surface area contributed by atoms with Crippen LogP contribution in [0.2, 0.25) is 0 Å². The first kappa shape index (κ1) is 15.7. The summed E-state index contributed by atoms with van der Waals surface area (Å²) in [5.41, 5.74) is 6.30. The summed E-state index contributed by atoms with van der Waals surface area (Å²) in [5.74, 6) is -0.0691. The van der Waals surface area contributed by atoms with Crippen LogP contribution in [0.3, 0.4) is 0 Å². The standard InChI is InChI=1S/C15H18N4O3/c1-10-12(15(21)19-17-10)7-8-14(20)18-16-9-11-5-3-4-6-13(11)22-2/h3-6,9,12H,7-8H2,1-2H3,(H,18,20)(H,19,21). The van der Waals surface area contributed by atoms with Crippen LogP contribution in [0.1, 0.15) is 25.3 Å². The molecule has 0 aromatic heterocycles. The number of nitrogens with zero attached hydrogens (tertiary/aromatic N) is 2. The van der Waals surface area contributed by atoms with Gasteiger partial charge in [0.15, 0.2) is 0 Å². The molecule has 1 heterocycles. The molecule has 2 amide bonds. The molecule has 1 aliphatic rings. The third-order valence-electron chi connectivity index (χ3n) is 3.36. The van der Waals surface area contributed by atoms with Crippen molar-refractivity contribution >= 4 is 23.7 Å². The van der Waals surface area contributed by atoms with E-state index in [4.69, 9.17) is 4.74 Å². The molecule has 1 aromatic rings. The SMILES string of the molecule is COc1ccccc1C=NNC(=O)CCC1C(=O)NN=C1C. The van der Waals surface area contributed by atoms with E-state index in [2.05, 4.69) is 21.1 Å². The molecule has 0 radical (unpaired) electrons. The zero-order valence-electron chi connectivity index (χ0n) is 12.5. The largest absolute Gasteiger partial charge is 0.496 e. The molecule has 2 N–H and O–H groups in total. The van der Waals surface area contributed by atoms with E-state index >= 15 is 0 Å². The van der Waals surface area contributed by atoms with Crippen LogP contribution in [0.25, 0.3) is 0 Å². The van der Waals surface area contributed by atoms with E-state index in [-0.39, 0.29) is 24.2 Å². The van der Waals surface area contributed by atoms with Crippen LogP contribution in [0.5, 0.6) is 5.75 Å². The number of hydrogen-bond donors (Lipinski definition) is 2. The molecule has 116 valence electrons. The Hall–Kier alpha value is -2.70. The fraction of sp³-hybridized carbons (Fsp3) is 0.333. The van der Waals surface area contributed by atoms with Crippen molar-refractivity contribution in [1.82, 2.24) is 10.9 Å². The Kier molecular flexibility index (Phi) is 5.24. The number of carbonyl (C=O) groups excluding carboxylic acids is 2. The monoisotopic (exact) mass is 302 g/mol. The predicted molar refractivity (Wildman–Crippen MR) is 82.7 cm³/mol. The van der Waals surface area contributed by atoms with Crippen molar-refractivity contribution < 1.29 is 14.3 Å². The van der Waals surface area contributed by atoms with Crippen molar-refractivity contribution in [2.45, 2.75) is 19.8 Å². The van der Waals surface area contributed by atoms with Crippen molar-refractivity contribution in [3.05, 3.63) is 29.8 Å². The number of nitrogens with one attached hydrogen (secondary N) is 2. The minimum atomic E-state index is -0.330. The van der Waals surface area contributed by atoms with Gasteiger partial charge >= 0.3 is 0 Å². The predicted octanol–water partition coefficient (Wildman–Crippen LogP) is 1.05. The van der Waals surface area contributed by atoms with Gasteiger partial charge in [-0.25, -0.2) is 10.9 Å². The first-order chi connectivity index (χ1) is 10.6. The number of amides is 2. The van der Waals surface area contributed by atoms with Gasteiger partial charge in [-0.1, -0.05) is 12.1 Å². The fourth-order valence-electron chi connectivity index (χ4n) is 2.11. The fourth-order valence-corrected chi connectivity index (χ4v) is 2.11. The third kappa shape index (κ3) is 3.91. The molecule has 7 heteroatoms. The number of hydrazone groups is 2. The molecule has 2 rings (SSSR count). The lowest BCUT2D eigenvalue weighted by atomic mass is 9.99. The normalized spacial score (nSPS) is 17.3. The molecule has 1 atom stereocenters. The van der Waals surface area contributed by atoms with Crippen LogP contribution in [0, 0.1) is 5.92 Å². The molecule has 1 aromatic carbocycles. The second-order valence-electron chi connectivity index (χ2n) is 4.86. The first-order valence-corrected chi connectivity index (χ1v) is 6.90. The average Bonchev–Trinajstić information content (AvgIpc) is 2.84. The minimum Gasteiger partial charge on any atom is -0.496 e. The van der Waals surface area contributed by atoms with E-state index in [1.54, 1.807) is 14.0 Å². The van der Waals surface area contributed by atoms with Gasteiger partial charge in [0.05, 0.1) is 19.2 Å². The number of para-hydroxylation sites is 1. The Balaban J connectivity index is 1.81. The maximum Gasteiger partial charge on any atom is 0.248 e. The average molecular weight is 302 g/mol. The number of ether oxygens (including phenoxy) is 1. The number of hydrogen-bond acceptors (Lipinski definition) is 5. The molecule has 0 aliphatic carbocycles. The van der Waals surface area contributed by atoms with Crippen molar-refractivity contribution in [2.24, 2.45) is 16.1 Å². The lowest BCUT2D eigenvalue weighted by Gasteiger charge is -2.06. The van der Waals surface area contributed by atoms with Crippen LogP contribution < -0.4 is 15.6 Å². The summed E-state index contributed by atoms with van der Waals surface area (Å²) in [5, 5.41) is 7.74. The first-order valence-electron chi connectivity index (χ1n) is 6.90. The Morgan fingerprint density at radius 3 is 2.95 bits per heavy atom. The van der Waals surface area contributed by atoms with E-state index in [0.29, 0.717) is 17.9 Å². The molecule has 22 heavy (non-hydrogen) atoms. The van der Waals surface area contributed by atoms with Gasteiger partial charge in [0.25, 0.3) is 0 Å². The van der Waals surface area contributed by atoms with Gasteiger partial charge in [-0.05, 0) is 25.5 Å². The van der Waals surface area contributed by atoms with E-state index < -0.39 is 0 Å². The molecule has 1 unspecified atom stereocenters. The smallest absolute Gasteiger partial charge is 0.248 e. The summed E-state index contributed by atoms with van der Waals surface area (Å²) in [6.07, 6.45) is 2.14. The number of rotatable bonds is 6. The van der Waals surface area contributed by atoms with Crippen LogP contribution in [0.15, 0.2) is 34.5 Å². The van der Waals surface area contributed by atoms with Crippen LogP contribution >= 0.6 is 0 Å². The highest BCUT2D eigenvalue weighted by Crippen LogP contribution is 2.15. The molecule has 0 bridgehead atoms. The van der Waals surface area contributed by atoms with Gasteiger partial charge in [0.2, 0.25) is 11.8 Å². The van der Waals surface area contributed by atoms with Crippen LogP contribution in [-0.4, -0.2) is 30.9 Å². The van der Waals surface area contributed by atoms with Crippen molar-refractivity contribution in [1.29, 1.82) is 0 Å². The third-order valence-corrected chi connectivity index (χ3v) is 3.36. The molecule has 1 aliphatic heterocycles. The Morgan fingerprint density at radius 2 is 2.27 bits per heavy atom. The highest BCUT2D eigenvalue weighted by atomic mass is 16.5. The molecular formula is C15H18N4O3. The topological polar surface area (TPSA) is 92.1 Å². The highest BCUT2D eigenvalue weighted by molar-refractivity contribution is 6.07. The number of methoxy groups -OCH3 is 1. The second-order valence-corrected chi connectivity index (χ2v) is 4.86. The minimum absolute atomic E-state index is 0.164. The summed E-state index contributed by atoms with van der Waals surface area (Å²) in [6.45, 7) is 1.76. The van der Waals surface area contributed by atoms with E-state index in [1.807, 2.05) is 24.3 Å². The summed E-state index contributed by atoms with van der Waals surface area (Å²) >= 11 is 0. The van der Waals surface area contributed by atoms with Gasteiger partial charge in [0.1, 0.15) is 5.75 Å². The second kappa shape index (κ2) is 7.35. The van der Waals surface area contributed by atoms with Crippen molar-refractivity contribution in [3.63, 3.8) is 0 Å². The quantitative estimate of drug-likeness (QED) is 0.607. The lowest BCUT2D eigenvalue weighted by Crippen LogP contribution is -2.25. The summed E-state index contributed by atoms with van der Waals surface area (Å²) in [7, 11) is 1.57. The van der Waals surface area contributed by atoms with Gasteiger partial charge in [-0.3, -0.25) is 9.59 Å². The zero-order valence-corrected chi connectivity index (χ0v) is 12.5. The Bertz CT molecular complexity index is 625. The molecule has 0 saturated heterocycles. The lowest BCUT2D eigenvalue weighted by molar-refractivity contribution is -0.123. The molecule has 0 saturated carbocycles. The van der Waals surface area contributed by atoms with Gasteiger partial charge in [-0.2, -0.15) is 10.2 Å². The van der Waals surface area contributed by atoms with Gasteiger partial charge in [-0.15, -0.1) is 0 Å². The van der Waals surface area contributed by atoms with E-state index in [1.165, 1.54) is 6.21 Å². The van der Waals surface area contributed by atoms with Gasteiger partial charge < -0.3 is 4.74 Å². The van der Waals surface area contributed by atoms with Crippen molar-refractivity contribution in [3.8, 4) is 5.75 Å². The van der Waals surface area contributed by atoms with E-state index in [0.717, 1.165) is 5.56 Å². The zero-order chi connectivity index (χ0) is 15.9. The summed E-state index contributed by atoms with van der Waals surface area (Å²) in [6, 6.07) is 7.35. The summed E-state index contributed by atoms with van der Waals surface area (Å²) < 4.78 is 5.18. The number of benzene rings is 1. The van der Waals surface area contributed by atoms with E-state index in [9.17, 15) is 9.59 Å². The van der Waals surface area contributed by atoms with Crippen molar-refractivity contribution in [2.75, 3.05) is 7.11 Å². The Labute approximate surface area is 128 Å². The Morgan fingerprint density at radius 1 is 1.50 bits per heavy atom. The summed E-state index contributed by atoms with van der Waals surface area (Å²) in [4.78, 5) is 23.2. The maximum absolute atomic E-state index is 11.7. The number of carbonyl (C=O) groups is 2. The van der Waals surface area contributed by atoms with Crippen LogP contribution in [0.4, 0.5) is 0 Å². The maximum atomic E-state index is 11.7. The molecule has 7 nitrogen and oxygen atoms in total. The molecular weight excluding hydrogens is 284 g/mol. The van der Waals surface area contributed by atoms with Crippen LogP contribution in [-0.2, 0) is 9.59 Å². The molecule has 0 fully saturated rings. The molecule has 0 spiro atoms. The van der Waals surface area contributed by atoms with Gasteiger partial charge in [0, 0.05) is 17.7 Å². The highest BCUT2D eigenvalue weighted by Gasteiger charge is 2.26.